The lowest BCUT2D eigenvalue weighted by molar-refractivity contribution is 0.0785. The van der Waals surface area contributed by atoms with Crippen molar-refractivity contribution in [3.05, 3.63) is 17.0 Å². The van der Waals surface area contributed by atoms with Gasteiger partial charge in [0.25, 0.3) is 5.91 Å². The second-order valence-corrected chi connectivity index (χ2v) is 4.47. The van der Waals surface area contributed by atoms with Crippen LogP contribution in [0.1, 0.15) is 34.7 Å². The molecular weight excluding hydrogens is 254 g/mol. The van der Waals surface area contributed by atoms with Crippen molar-refractivity contribution in [1.82, 2.24) is 15.4 Å². The molecule has 0 saturated carbocycles. The van der Waals surface area contributed by atoms with Crippen molar-refractivity contribution < 1.29 is 9.32 Å². The van der Waals surface area contributed by atoms with Crippen LogP contribution < -0.4 is 5.32 Å². The molecule has 1 heterocycles. The summed E-state index contributed by atoms with van der Waals surface area (Å²) in [6.45, 7) is 1.46. The van der Waals surface area contributed by atoms with E-state index in [1.807, 2.05) is 7.05 Å². The molecule has 0 bridgehead atoms. The molecular formula is C12H20ClN3O2. The first kappa shape index (κ1) is 15.0. The fourth-order valence-corrected chi connectivity index (χ4v) is 2.11. The van der Waals surface area contributed by atoms with Gasteiger partial charge in [-0.2, -0.15) is 0 Å². The standard InChI is InChI=1S/C12H19N3O2.ClH/c1-13-7-8-15(2)12(16)11-9-5-3-4-6-10(9)17-14-11;/h13H,3-8H2,1-2H3;1H. The van der Waals surface area contributed by atoms with Crippen LogP contribution in [0.2, 0.25) is 0 Å². The minimum atomic E-state index is -0.0350. The monoisotopic (exact) mass is 273 g/mol. The molecule has 0 fully saturated rings. The molecule has 0 unspecified atom stereocenters. The molecule has 1 aliphatic carbocycles. The second-order valence-electron chi connectivity index (χ2n) is 4.47. The van der Waals surface area contributed by atoms with Crippen molar-refractivity contribution in [2.45, 2.75) is 25.7 Å². The third-order valence-electron chi connectivity index (χ3n) is 3.20. The van der Waals surface area contributed by atoms with Crippen molar-refractivity contribution in [1.29, 1.82) is 0 Å². The van der Waals surface area contributed by atoms with Gasteiger partial charge in [0.15, 0.2) is 5.69 Å². The normalized spacial score (nSPS) is 13.7. The van der Waals surface area contributed by atoms with Gasteiger partial charge in [0.2, 0.25) is 0 Å². The third kappa shape index (κ3) is 3.03. The van der Waals surface area contributed by atoms with Gasteiger partial charge in [0.05, 0.1) is 0 Å². The molecule has 1 N–H and O–H groups in total. The van der Waals surface area contributed by atoms with Gasteiger partial charge in [0.1, 0.15) is 5.76 Å². The predicted octanol–water partition coefficient (Wildman–Crippen LogP) is 1.27. The molecule has 1 aromatic rings. The number of likely N-dealkylation sites (N-methyl/N-ethyl adjacent to an activating group) is 2. The Bertz CT molecular complexity index is 406. The summed E-state index contributed by atoms with van der Waals surface area (Å²) in [5, 5.41) is 6.96. The fraction of sp³-hybridized carbons (Fsp3) is 0.667. The van der Waals surface area contributed by atoms with E-state index in [-0.39, 0.29) is 18.3 Å². The minimum absolute atomic E-state index is 0. The molecule has 1 aliphatic rings. The van der Waals surface area contributed by atoms with E-state index in [4.69, 9.17) is 4.52 Å². The van der Waals surface area contributed by atoms with E-state index in [9.17, 15) is 4.79 Å². The first-order chi connectivity index (χ1) is 8.24. The number of hydrogen-bond donors (Lipinski definition) is 1. The molecule has 0 aliphatic heterocycles. The van der Waals surface area contributed by atoms with Gasteiger partial charge in [-0.05, 0) is 26.3 Å². The molecule has 2 rings (SSSR count). The summed E-state index contributed by atoms with van der Waals surface area (Å²) in [7, 11) is 3.67. The van der Waals surface area contributed by atoms with Crippen LogP contribution in [0.15, 0.2) is 4.52 Å². The Morgan fingerprint density at radius 2 is 2.17 bits per heavy atom. The van der Waals surface area contributed by atoms with Crippen LogP contribution in [-0.4, -0.2) is 43.1 Å². The van der Waals surface area contributed by atoms with E-state index in [1.165, 1.54) is 0 Å². The Morgan fingerprint density at radius 1 is 1.44 bits per heavy atom. The molecule has 1 amide bonds. The van der Waals surface area contributed by atoms with Gasteiger partial charge in [-0.1, -0.05) is 5.16 Å². The lowest BCUT2D eigenvalue weighted by Gasteiger charge is -2.16. The summed E-state index contributed by atoms with van der Waals surface area (Å²) in [5.74, 6) is 0.869. The summed E-state index contributed by atoms with van der Waals surface area (Å²) in [4.78, 5) is 13.8. The van der Waals surface area contributed by atoms with E-state index in [2.05, 4.69) is 10.5 Å². The average Bonchev–Trinajstić information content (AvgIpc) is 2.78. The van der Waals surface area contributed by atoms with Crippen LogP contribution in [0.4, 0.5) is 0 Å². The zero-order valence-corrected chi connectivity index (χ0v) is 11.7. The van der Waals surface area contributed by atoms with Gasteiger partial charge < -0.3 is 14.7 Å². The summed E-state index contributed by atoms with van der Waals surface area (Å²) in [6.07, 6.45) is 4.08. The van der Waals surface area contributed by atoms with Crippen LogP contribution in [0.5, 0.6) is 0 Å². The van der Waals surface area contributed by atoms with Crippen molar-refractivity contribution in [3.8, 4) is 0 Å². The highest BCUT2D eigenvalue weighted by Gasteiger charge is 2.25. The third-order valence-corrected chi connectivity index (χ3v) is 3.20. The molecule has 0 atom stereocenters. The quantitative estimate of drug-likeness (QED) is 0.898. The highest BCUT2D eigenvalue weighted by atomic mass is 35.5. The number of aromatic nitrogens is 1. The van der Waals surface area contributed by atoms with E-state index in [0.717, 1.165) is 43.6 Å². The number of rotatable bonds is 4. The van der Waals surface area contributed by atoms with Gasteiger partial charge in [-0.15, -0.1) is 12.4 Å². The topological polar surface area (TPSA) is 58.4 Å². The van der Waals surface area contributed by atoms with Crippen LogP contribution >= 0.6 is 12.4 Å². The second kappa shape index (κ2) is 6.75. The maximum atomic E-state index is 12.2. The molecule has 0 saturated heterocycles. The van der Waals surface area contributed by atoms with Gasteiger partial charge in [0, 0.05) is 32.1 Å². The number of carbonyl (C=O) groups excluding carboxylic acids is 1. The zero-order chi connectivity index (χ0) is 12.3. The smallest absolute Gasteiger partial charge is 0.276 e. The molecule has 0 aromatic carbocycles. The molecule has 102 valence electrons. The Kier molecular flexibility index (Phi) is 5.62. The van der Waals surface area contributed by atoms with Crippen molar-refractivity contribution in [2.24, 2.45) is 0 Å². The summed E-state index contributed by atoms with van der Waals surface area (Å²) >= 11 is 0. The summed E-state index contributed by atoms with van der Waals surface area (Å²) in [6, 6.07) is 0. The molecule has 1 aromatic heterocycles. The molecule has 0 spiro atoms. The van der Waals surface area contributed by atoms with Crippen molar-refractivity contribution in [2.75, 3.05) is 27.2 Å². The van der Waals surface area contributed by atoms with E-state index < -0.39 is 0 Å². The van der Waals surface area contributed by atoms with Crippen LogP contribution in [0.3, 0.4) is 0 Å². The SMILES string of the molecule is CNCCN(C)C(=O)c1noc2c1CCCC2.Cl. The van der Waals surface area contributed by atoms with Gasteiger partial charge in [-0.25, -0.2) is 0 Å². The van der Waals surface area contributed by atoms with Crippen LogP contribution in [-0.2, 0) is 12.8 Å². The number of aryl methyl sites for hydroxylation is 1. The first-order valence-electron chi connectivity index (χ1n) is 6.11. The van der Waals surface area contributed by atoms with Gasteiger partial charge >= 0.3 is 0 Å². The summed E-state index contributed by atoms with van der Waals surface area (Å²) < 4.78 is 5.25. The van der Waals surface area contributed by atoms with E-state index in [0.29, 0.717) is 12.2 Å². The Labute approximate surface area is 113 Å². The number of nitrogens with one attached hydrogen (secondary N) is 1. The first-order valence-corrected chi connectivity index (χ1v) is 6.11. The Balaban J connectivity index is 0.00000162. The largest absolute Gasteiger partial charge is 0.360 e. The number of amides is 1. The van der Waals surface area contributed by atoms with E-state index in [1.54, 1.807) is 11.9 Å². The fourth-order valence-electron chi connectivity index (χ4n) is 2.11. The Hall–Kier alpha value is -1.07. The molecule has 5 nitrogen and oxygen atoms in total. The number of carbonyl (C=O) groups is 1. The number of halogens is 1. The highest BCUT2D eigenvalue weighted by Crippen LogP contribution is 2.24. The molecule has 18 heavy (non-hydrogen) atoms. The van der Waals surface area contributed by atoms with Gasteiger partial charge in [-0.3, -0.25) is 4.79 Å². The maximum absolute atomic E-state index is 12.2. The zero-order valence-electron chi connectivity index (χ0n) is 10.9. The number of fused-ring (bicyclic) bond motifs is 1. The lowest BCUT2D eigenvalue weighted by atomic mass is 9.96. The van der Waals surface area contributed by atoms with Crippen molar-refractivity contribution >= 4 is 18.3 Å². The van der Waals surface area contributed by atoms with Crippen LogP contribution in [0, 0.1) is 0 Å². The highest BCUT2D eigenvalue weighted by molar-refractivity contribution is 5.93. The van der Waals surface area contributed by atoms with E-state index >= 15 is 0 Å². The minimum Gasteiger partial charge on any atom is -0.360 e. The number of nitrogens with zero attached hydrogens (tertiary/aromatic N) is 2. The Morgan fingerprint density at radius 3 is 2.89 bits per heavy atom. The number of hydrogen-bond acceptors (Lipinski definition) is 4. The lowest BCUT2D eigenvalue weighted by Crippen LogP contribution is -2.33. The molecule has 0 radical (unpaired) electrons. The maximum Gasteiger partial charge on any atom is 0.276 e. The van der Waals surface area contributed by atoms with Crippen molar-refractivity contribution in [3.63, 3.8) is 0 Å². The molecule has 6 heteroatoms. The summed E-state index contributed by atoms with van der Waals surface area (Å²) in [5.41, 5.74) is 1.54. The predicted molar refractivity (Wildman–Crippen MR) is 71.3 cm³/mol. The van der Waals surface area contributed by atoms with Crippen LogP contribution in [0.25, 0.3) is 0 Å². The average molecular weight is 274 g/mol.